The van der Waals surface area contributed by atoms with E-state index < -0.39 is 0 Å². The van der Waals surface area contributed by atoms with Crippen molar-refractivity contribution in [2.75, 3.05) is 5.23 Å². The number of carbonyl (C=O) groups is 1. The van der Waals surface area contributed by atoms with Gasteiger partial charge in [0.15, 0.2) is 5.78 Å². The minimum atomic E-state index is -0.0687. The van der Waals surface area contributed by atoms with Crippen molar-refractivity contribution in [1.29, 1.82) is 0 Å². The van der Waals surface area contributed by atoms with Crippen LogP contribution in [0.15, 0.2) is 24.4 Å². The Morgan fingerprint density at radius 1 is 1.40 bits per heavy atom. The summed E-state index contributed by atoms with van der Waals surface area (Å²) in [5.74, 6) is -0.0687. The van der Waals surface area contributed by atoms with Gasteiger partial charge in [-0.05, 0) is 25.1 Å². The van der Waals surface area contributed by atoms with Gasteiger partial charge in [0.1, 0.15) is 0 Å². The first kappa shape index (κ1) is 9.70. The minimum absolute atomic E-state index is 0.0242. The zero-order valence-corrected chi connectivity index (χ0v) is 8.06. The van der Waals surface area contributed by atoms with Crippen molar-refractivity contribution < 1.29 is 15.2 Å². The molecule has 0 unspecified atom stereocenters. The van der Waals surface area contributed by atoms with E-state index in [4.69, 9.17) is 10.4 Å². The van der Waals surface area contributed by atoms with Gasteiger partial charge in [-0.25, -0.2) is 0 Å². The van der Waals surface area contributed by atoms with E-state index >= 15 is 0 Å². The maximum atomic E-state index is 11.2. The number of aromatic nitrogens is 1. The average molecular weight is 206 g/mol. The molecule has 0 amide bonds. The summed E-state index contributed by atoms with van der Waals surface area (Å²) in [5, 5.41) is 18.4. The molecule has 0 aliphatic carbocycles. The molecule has 2 aromatic rings. The molecule has 2 rings (SSSR count). The van der Waals surface area contributed by atoms with Crippen LogP contribution in [0.5, 0.6) is 0 Å². The van der Waals surface area contributed by atoms with Crippen molar-refractivity contribution >= 4 is 22.4 Å². The first-order valence-electron chi connectivity index (χ1n) is 4.39. The third-order valence-corrected chi connectivity index (χ3v) is 2.28. The standard InChI is InChI=1S/C10H10N2O3/c1-6(13)9-5-11-10-3-2-7(12(14)15)4-8(9)10/h2-5,11,14-15H,1H3. The molecule has 1 aromatic carbocycles. The summed E-state index contributed by atoms with van der Waals surface area (Å²) in [4.78, 5) is 14.2. The number of nitrogens with zero attached hydrogens (tertiary/aromatic N) is 1. The number of fused-ring (bicyclic) bond motifs is 1. The lowest BCUT2D eigenvalue weighted by Gasteiger charge is -2.07. The van der Waals surface area contributed by atoms with Crippen molar-refractivity contribution in [3.63, 3.8) is 0 Å². The molecule has 5 nitrogen and oxygen atoms in total. The Labute approximate surface area is 85.5 Å². The van der Waals surface area contributed by atoms with Gasteiger partial charge in [-0.2, -0.15) is 0 Å². The maximum absolute atomic E-state index is 11.2. The van der Waals surface area contributed by atoms with Gasteiger partial charge in [-0.3, -0.25) is 15.2 Å². The summed E-state index contributed by atoms with van der Waals surface area (Å²) < 4.78 is 0. The predicted octanol–water partition coefficient (Wildman–Crippen LogP) is 1.96. The summed E-state index contributed by atoms with van der Waals surface area (Å²) >= 11 is 0. The fraction of sp³-hybridized carbons (Fsp3) is 0.100. The van der Waals surface area contributed by atoms with Crippen molar-refractivity contribution in [3.8, 4) is 0 Å². The van der Waals surface area contributed by atoms with Crippen LogP contribution in [0, 0.1) is 0 Å². The molecule has 0 radical (unpaired) electrons. The van der Waals surface area contributed by atoms with Gasteiger partial charge in [0.25, 0.3) is 0 Å². The van der Waals surface area contributed by atoms with Gasteiger partial charge in [-0.1, -0.05) is 0 Å². The third-order valence-electron chi connectivity index (χ3n) is 2.28. The molecule has 0 fully saturated rings. The number of rotatable bonds is 2. The predicted molar refractivity (Wildman–Crippen MR) is 54.4 cm³/mol. The van der Waals surface area contributed by atoms with Crippen LogP contribution in [0.25, 0.3) is 10.9 Å². The number of nitrogens with one attached hydrogen (secondary N) is 1. The number of carbonyl (C=O) groups excluding carboxylic acids is 1. The second kappa shape index (κ2) is 3.38. The highest BCUT2D eigenvalue weighted by atomic mass is 16.8. The van der Waals surface area contributed by atoms with E-state index in [2.05, 4.69) is 4.98 Å². The summed E-state index contributed by atoms with van der Waals surface area (Å²) in [6.45, 7) is 1.46. The van der Waals surface area contributed by atoms with Crippen LogP contribution in [-0.4, -0.2) is 21.2 Å². The Bertz CT molecular complexity index is 516. The quantitative estimate of drug-likeness (QED) is 0.518. The smallest absolute Gasteiger partial charge is 0.161 e. The molecule has 1 heterocycles. The van der Waals surface area contributed by atoms with E-state index in [1.165, 1.54) is 19.1 Å². The molecule has 3 N–H and O–H groups in total. The van der Waals surface area contributed by atoms with E-state index in [1.54, 1.807) is 12.3 Å². The Morgan fingerprint density at radius 3 is 2.73 bits per heavy atom. The van der Waals surface area contributed by atoms with Crippen LogP contribution in [0.1, 0.15) is 17.3 Å². The molecule has 0 spiro atoms. The zero-order valence-electron chi connectivity index (χ0n) is 8.06. The number of anilines is 1. The number of hydrogen-bond donors (Lipinski definition) is 3. The molecule has 0 atom stereocenters. The van der Waals surface area contributed by atoms with Crippen LogP contribution in [0.2, 0.25) is 0 Å². The Kier molecular flexibility index (Phi) is 2.18. The third kappa shape index (κ3) is 1.58. The number of Topliss-reactive ketones (excluding diaryl/α,β-unsaturated/α-hetero) is 1. The van der Waals surface area contributed by atoms with Crippen molar-refractivity contribution in [3.05, 3.63) is 30.0 Å². The molecule has 0 aliphatic rings. The summed E-state index contributed by atoms with van der Waals surface area (Å²) in [6, 6.07) is 4.74. The van der Waals surface area contributed by atoms with E-state index in [-0.39, 0.29) is 16.7 Å². The van der Waals surface area contributed by atoms with Crippen LogP contribution >= 0.6 is 0 Å². The first-order chi connectivity index (χ1) is 7.09. The molecule has 0 aliphatic heterocycles. The Morgan fingerprint density at radius 2 is 2.13 bits per heavy atom. The largest absolute Gasteiger partial charge is 0.360 e. The molecular formula is C10H10N2O3. The molecule has 0 saturated carbocycles. The van der Waals surface area contributed by atoms with E-state index in [0.29, 0.717) is 10.9 Å². The second-order valence-electron chi connectivity index (χ2n) is 3.28. The number of ketones is 1. The van der Waals surface area contributed by atoms with Crippen LogP contribution in [0.4, 0.5) is 5.69 Å². The number of H-pyrrole nitrogens is 1. The Hall–Kier alpha value is -1.85. The number of aromatic amines is 1. The average Bonchev–Trinajstić information content (AvgIpc) is 2.59. The van der Waals surface area contributed by atoms with E-state index in [9.17, 15) is 4.79 Å². The van der Waals surface area contributed by atoms with Gasteiger partial charge in [0.05, 0.1) is 5.69 Å². The normalized spacial score (nSPS) is 10.6. The second-order valence-corrected chi connectivity index (χ2v) is 3.28. The molecule has 0 saturated heterocycles. The van der Waals surface area contributed by atoms with Gasteiger partial charge in [-0.15, -0.1) is 5.23 Å². The molecule has 78 valence electrons. The molecule has 5 heteroatoms. The van der Waals surface area contributed by atoms with E-state index in [1.807, 2.05) is 0 Å². The fourth-order valence-corrected chi connectivity index (χ4v) is 1.52. The van der Waals surface area contributed by atoms with Crippen LogP contribution < -0.4 is 5.23 Å². The van der Waals surface area contributed by atoms with Gasteiger partial charge >= 0.3 is 0 Å². The minimum Gasteiger partial charge on any atom is -0.360 e. The van der Waals surface area contributed by atoms with E-state index in [0.717, 1.165) is 5.52 Å². The summed E-state index contributed by atoms with van der Waals surface area (Å²) in [6.07, 6.45) is 1.61. The summed E-state index contributed by atoms with van der Waals surface area (Å²) in [5.41, 5.74) is 1.53. The number of benzene rings is 1. The van der Waals surface area contributed by atoms with Gasteiger partial charge < -0.3 is 4.98 Å². The SMILES string of the molecule is CC(=O)c1c[nH]c2ccc(N(O)O)cc12. The van der Waals surface area contributed by atoms with Crippen molar-refractivity contribution in [1.82, 2.24) is 4.98 Å². The van der Waals surface area contributed by atoms with Crippen molar-refractivity contribution in [2.45, 2.75) is 6.92 Å². The topological polar surface area (TPSA) is 76.6 Å². The van der Waals surface area contributed by atoms with Gasteiger partial charge in [0, 0.05) is 22.7 Å². The lowest BCUT2D eigenvalue weighted by molar-refractivity contribution is 0.0292. The monoisotopic (exact) mass is 206 g/mol. The maximum Gasteiger partial charge on any atom is 0.161 e. The number of hydrogen-bond acceptors (Lipinski definition) is 4. The fourth-order valence-electron chi connectivity index (χ4n) is 1.52. The molecule has 0 bridgehead atoms. The summed E-state index contributed by atoms with van der Waals surface area (Å²) in [7, 11) is 0. The lowest BCUT2D eigenvalue weighted by atomic mass is 10.1. The lowest BCUT2D eigenvalue weighted by Crippen LogP contribution is -2.10. The van der Waals surface area contributed by atoms with Crippen LogP contribution in [-0.2, 0) is 0 Å². The van der Waals surface area contributed by atoms with Crippen LogP contribution in [0.3, 0.4) is 0 Å². The van der Waals surface area contributed by atoms with Crippen molar-refractivity contribution in [2.24, 2.45) is 0 Å². The molecular weight excluding hydrogens is 196 g/mol. The van der Waals surface area contributed by atoms with Gasteiger partial charge in [0.2, 0.25) is 0 Å². The zero-order chi connectivity index (χ0) is 11.0. The highest BCUT2D eigenvalue weighted by Gasteiger charge is 2.09. The highest BCUT2D eigenvalue weighted by molar-refractivity contribution is 6.07. The molecule has 15 heavy (non-hydrogen) atoms. The highest BCUT2D eigenvalue weighted by Crippen LogP contribution is 2.23. The Balaban J connectivity index is 2.66. The first-order valence-corrected chi connectivity index (χ1v) is 4.39. The molecule has 1 aromatic heterocycles.